The maximum Gasteiger partial charge on any atom is 0.306 e. The first-order chi connectivity index (χ1) is 8.97. The molecule has 0 aliphatic heterocycles. The van der Waals surface area contributed by atoms with Crippen LogP contribution in [-0.2, 0) is 4.79 Å². The Morgan fingerprint density at radius 2 is 2.11 bits per heavy atom. The van der Waals surface area contributed by atoms with Crippen LogP contribution < -0.4 is 5.32 Å². The fourth-order valence-corrected chi connectivity index (χ4v) is 2.48. The van der Waals surface area contributed by atoms with Gasteiger partial charge in [-0.15, -0.1) is 0 Å². The first-order valence-electron chi connectivity index (χ1n) is 6.27. The highest BCUT2D eigenvalue weighted by molar-refractivity contribution is 5.95. The van der Waals surface area contributed by atoms with Crippen LogP contribution in [0, 0.1) is 18.7 Å². The highest BCUT2D eigenvalue weighted by Crippen LogP contribution is 2.26. The predicted octanol–water partition coefficient (Wildman–Crippen LogP) is 2.12. The number of rotatable bonds is 3. The van der Waals surface area contributed by atoms with Crippen molar-refractivity contribution in [3.8, 4) is 0 Å². The quantitative estimate of drug-likeness (QED) is 0.879. The van der Waals surface area contributed by atoms with Crippen LogP contribution in [0.15, 0.2) is 18.2 Å². The summed E-state index contributed by atoms with van der Waals surface area (Å²) in [5, 5.41) is 11.7. The van der Waals surface area contributed by atoms with E-state index in [4.69, 9.17) is 5.11 Å². The van der Waals surface area contributed by atoms with E-state index in [1.807, 2.05) is 0 Å². The topological polar surface area (TPSA) is 66.4 Å². The monoisotopic (exact) mass is 265 g/mol. The van der Waals surface area contributed by atoms with Crippen molar-refractivity contribution in [2.75, 3.05) is 0 Å². The van der Waals surface area contributed by atoms with E-state index in [0.717, 1.165) is 0 Å². The summed E-state index contributed by atoms with van der Waals surface area (Å²) in [7, 11) is 0. The van der Waals surface area contributed by atoms with Crippen LogP contribution in [0.25, 0.3) is 0 Å². The van der Waals surface area contributed by atoms with Crippen molar-refractivity contribution in [2.24, 2.45) is 5.92 Å². The molecule has 1 aliphatic carbocycles. The van der Waals surface area contributed by atoms with Gasteiger partial charge in [-0.2, -0.15) is 0 Å². The Bertz CT molecular complexity index is 515. The van der Waals surface area contributed by atoms with Crippen LogP contribution in [0.1, 0.15) is 35.2 Å². The smallest absolute Gasteiger partial charge is 0.306 e. The molecule has 1 saturated carbocycles. The molecule has 1 aliphatic rings. The van der Waals surface area contributed by atoms with E-state index >= 15 is 0 Å². The second-order valence-corrected chi connectivity index (χ2v) is 4.98. The summed E-state index contributed by atoms with van der Waals surface area (Å²) in [6.07, 6.45) is 1.72. The third-order valence-corrected chi connectivity index (χ3v) is 3.55. The van der Waals surface area contributed by atoms with Gasteiger partial charge in [-0.05, 0) is 49.9 Å². The van der Waals surface area contributed by atoms with Crippen molar-refractivity contribution >= 4 is 11.9 Å². The molecule has 2 N–H and O–H groups in total. The van der Waals surface area contributed by atoms with E-state index in [1.54, 1.807) is 6.92 Å². The molecular weight excluding hydrogens is 249 g/mol. The molecule has 0 spiro atoms. The molecule has 2 rings (SSSR count). The van der Waals surface area contributed by atoms with E-state index in [-0.39, 0.29) is 23.7 Å². The van der Waals surface area contributed by atoms with Crippen molar-refractivity contribution in [2.45, 2.75) is 32.2 Å². The molecule has 0 bridgehead atoms. The Balaban J connectivity index is 2.00. The van der Waals surface area contributed by atoms with E-state index in [9.17, 15) is 14.0 Å². The molecular formula is C14H16FNO3. The van der Waals surface area contributed by atoms with Crippen molar-refractivity contribution in [3.63, 3.8) is 0 Å². The number of amides is 1. The molecule has 1 fully saturated rings. The average Bonchev–Trinajstić information content (AvgIpc) is 2.77. The zero-order valence-electron chi connectivity index (χ0n) is 10.6. The number of hydrogen-bond acceptors (Lipinski definition) is 2. The lowest BCUT2D eigenvalue weighted by atomic mass is 10.1. The lowest BCUT2D eigenvalue weighted by Gasteiger charge is -2.13. The number of carbonyl (C=O) groups is 2. The number of benzene rings is 1. The van der Waals surface area contributed by atoms with Crippen molar-refractivity contribution in [1.29, 1.82) is 0 Å². The summed E-state index contributed by atoms with van der Waals surface area (Å²) < 4.78 is 13.0. The largest absolute Gasteiger partial charge is 0.481 e. The van der Waals surface area contributed by atoms with Gasteiger partial charge in [0.1, 0.15) is 5.82 Å². The Kier molecular flexibility index (Phi) is 3.83. The summed E-state index contributed by atoms with van der Waals surface area (Å²) in [6, 6.07) is 3.89. The van der Waals surface area contributed by atoms with Crippen molar-refractivity contribution in [1.82, 2.24) is 5.32 Å². The first kappa shape index (κ1) is 13.5. The molecule has 0 aromatic heterocycles. The highest BCUT2D eigenvalue weighted by Gasteiger charge is 2.30. The average molecular weight is 265 g/mol. The van der Waals surface area contributed by atoms with Crippen LogP contribution in [0.5, 0.6) is 0 Å². The molecule has 1 aromatic carbocycles. The van der Waals surface area contributed by atoms with Gasteiger partial charge in [0.2, 0.25) is 0 Å². The maximum absolute atomic E-state index is 13.0. The summed E-state index contributed by atoms with van der Waals surface area (Å²) in [5.74, 6) is -1.83. The van der Waals surface area contributed by atoms with Gasteiger partial charge in [-0.25, -0.2) is 4.39 Å². The zero-order valence-corrected chi connectivity index (χ0v) is 10.6. The zero-order chi connectivity index (χ0) is 14.0. The molecule has 1 aromatic rings. The van der Waals surface area contributed by atoms with Crippen LogP contribution in [0.3, 0.4) is 0 Å². The van der Waals surface area contributed by atoms with E-state index < -0.39 is 5.97 Å². The third kappa shape index (κ3) is 3.10. The highest BCUT2D eigenvalue weighted by atomic mass is 19.1. The number of halogens is 1. The maximum atomic E-state index is 13.0. The molecule has 0 heterocycles. The molecule has 0 saturated heterocycles. The molecule has 5 heteroatoms. The van der Waals surface area contributed by atoms with Gasteiger partial charge < -0.3 is 10.4 Å². The Hall–Kier alpha value is -1.91. The lowest BCUT2D eigenvalue weighted by molar-refractivity contribution is -0.141. The SMILES string of the molecule is Cc1cc(F)ccc1C(=O)N[C@@H]1CC[C@H](C(=O)O)C1. The molecule has 2 atom stereocenters. The molecule has 0 unspecified atom stereocenters. The molecule has 1 amide bonds. The third-order valence-electron chi connectivity index (χ3n) is 3.55. The minimum absolute atomic E-state index is 0.113. The fourth-order valence-electron chi connectivity index (χ4n) is 2.48. The van der Waals surface area contributed by atoms with Crippen LogP contribution >= 0.6 is 0 Å². The Morgan fingerprint density at radius 1 is 1.37 bits per heavy atom. The number of aliphatic carboxylic acids is 1. The number of carboxylic acids is 1. The Morgan fingerprint density at radius 3 is 2.68 bits per heavy atom. The Labute approximate surface area is 110 Å². The summed E-state index contributed by atoms with van der Waals surface area (Å²) >= 11 is 0. The fraction of sp³-hybridized carbons (Fsp3) is 0.429. The van der Waals surface area contributed by atoms with Gasteiger partial charge >= 0.3 is 5.97 Å². The standard InChI is InChI=1S/C14H16FNO3/c1-8-6-10(15)3-5-12(8)13(17)16-11-4-2-9(7-11)14(18)19/h3,5-6,9,11H,2,4,7H2,1H3,(H,16,17)(H,18,19)/t9-,11+/m0/s1. The van der Waals surface area contributed by atoms with Crippen LogP contribution in [-0.4, -0.2) is 23.0 Å². The van der Waals surface area contributed by atoms with E-state index in [2.05, 4.69) is 5.32 Å². The van der Waals surface area contributed by atoms with E-state index in [0.29, 0.717) is 30.4 Å². The normalized spacial score (nSPS) is 22.2. The minimum Gasteiger partial charge on any atom is -0.481 e. The van der Waals surface area contributed by atoms with Gasteiger partial charge in [0.25, 0.3) is 5.91 Å². The number of carbonyl (C=O) groups excluding carboxylic acids is 1. The van der Waals surface area contributed by atoms with E-state index in [1.165, 1.54) is 18.2 Å². The number of nitrogens with one attached hydrogen (secondary N) is 1. The van der Waals surface area contributed by atoms with Gasteiger partial charge in [-0.3, -0.25) is 9.59 Å². The molecule has 0 radical (unpaired) electrons. The first-order valence-corrected chi connectivity index (χ1v) is 6.27. The molecule has 19 heavy (non-hydrogen) atoms. The molecule has 4 nitrogen and oxygen atoms in total. The summed E-state index contributed by atoms with van der Waals surface area (Å²) in [6.45, 7) is 1.67. The summed E-state index contributed by atoms with van der Waals surface area (Å²) in [4.78, 5) is 22.9. The number of hydrogen-bond donors (Lipinski definition) is 2. The summed E-state index contributed by atoms with van der Waals surface area (Å²) in [5.41, 5.74) is 1.01. The van der Waals surface area contributed by atoms with Crippen LogP contribution in [0.2, 0.25) is 0 Å². The van der Waals surface area contributed by atoms with Gasteiger partial charge in [0.15, 0.2) is 0 Å². The minimum atomic E-state index is -0.810. The van der Waals surface area contributed by atoms with Gasteiger partial charge in [-0.1, -0.05) is 0 Å². The number of aryl methyl sites for hydroxylation is 1. The molecule has 102 valence electrons. The van der Waals surface area contributed by atoms with Gasteiger partial charge in [0, 0.05) is 11.6 Å². The lowest BCUT2D eigenvalue weighted by Crippen LogP contribution is -2.33. The second kappa shape index (κ2) is 5.38. The second-order valence-electron chi connectivity index (χ2n) is 4.98. The van der Waals surface area contributed by atoms with Crippen molar-refractivity contribution < 1.29 is 19.1 Å². The van der Waals surface area contributed by atoms with Gasteiger partial charge in [0.05, 0.1) is 5.92 Å². The number of carboxylic acid groups (broad SMARTS) is 1. The van der Waals surface area contributed by atoms with Crippen molar-refractivity contribution in [3.05, 3.63) is 35.1 Å². The van der Waals surface area contributed by atoms with Crippen LogP contribution in [0.4, 0.5) is 4.39 Å². The predicted molar refractivity (Wildman–Crippen MR) is 67.4 cm³/mol.